The van der Waals surface area contributed by atoms with E-state index in [4.69, 9.17) is 33.7 Å². The third-order valence-electron chi connectivity index (χ3n) is 2.38. The maximum Gasteiger partial charge on any atom is 0.231 e. The summed E-state index contributed by atoms with van der Waals surface area (Å²) in [4.78, 5) is 12.9. The summed E-state index contributed by atoms with van der Waals surface area (Å²) in [6.07, 6.45) is 0. The van der Waals surface area contributed by atoms with Crippen LogP contribution < -0.4 is 5.73 Å². The number of nitrogens with two attached hydrogens (primary N) is 1. The van der Waals surface area contributed by atoms with E-state index < -0.39 is 0 Å². The predicted octanol–water partition coefficient (Wildman–Crippen LogP) is 1.93. The first-order valence-corrected chi connectivity index (χ1v) is 6.22. The summed E-state index contributed by atoms with van der Waals surface area (Å²) in [6.45, 7) is 1.92. The lowest BCUT2D eigenvalue weighted by Crippen LogP contribution is -2.35. The van der Waals surface area contributed by atoms with Crippen LogP contribution in [0.1, 0.15) is 5.56 Å². The van der Waals surface area contributed by atoms with Crippen LogP contribution in [0.2, 0.25) is 10.0 Å². The van der Waals surface area contributed by atoms with Gasteiger partial charge in [0.15, 0.2) is 0 Å². The van der Waals surface area contributed by atoms with Gasteiger partial charge in [-0.15, -0.1) is 0 Å². The van der Waals surface area contributed by atoms with Gasteiger partial charge in [0.25, 0.3) is 0 Å². The smallest absolute Gasteiger partial charge is 0.231 e. The molecule has 4 nitrogen and oxygen atoms in total. The van der Waals surface area contributed by atoms with Crippen LogP contribution in [-0.2, 0) is 16.1 Å². The van der Waals surface area contributed by atoms with Gasteiger partial charge in [-0.3, -0.25) is 9.69 Å². The molecule has 0 heterocycles. The predicted molar refractivity (Wildman–Crippen MR) is 72.8 cm³/mol. The average molecular weight is 291 g/mol. The molecule has 0 aromatic heterocycles. The molecule has 0 unspecified atom stereocenters. The van der Waals surface area contributed by atoms with Crippen molar-refractivity contribution >= 4 is 29.1 Å². The van der Waals surface area contributed by atoms with Gasteiger partial charge in [-0.25, -0.2) is 0 Å². The number of methoxy groups -OCH3 is 1. The second-order valence-corrected chi connectivity index (χ2v) is 4.73. The molecule has 1 rings (SSSR count). The Bertz CT molecular complexity index is 413. The zero-order valence-corrected chi connectivity index (χ0v) is 11.7. The first kappa shape index (κ1) is 15.2. The van der Waals surface area contributed by atoms with E-state index in [1.807, 2.05) is 11.0 Å². The summed E-state index contributed by atoms with van der Waals surface area (Å²) < 4.78 is 4.99. The van der Waals surface area contributed by atoms with E-state index in [1.165, 1.54) is 0 Å². The van der Waals surface area contributed by atoms with Crippen molar-refractivity contribution in [3.8, 4) is 0 Å². The Morgan fingerprint density at radius 2 is 2.11 bits per heavy atom. The topological polar surface area (TPSA) is 55.6 Å². The minimum Gasteiger partial charge on any atom is -0.383 e. The number of halogens is 2. The lowest BCUT2D eigenvalue weighted by atomic mass is 10.2. The lowest BCUT2D eigenvalue weighted by molar-refractivity contribution is -0.119. The minimum absolute atomic E-state index is 0.184. The SMILES string of the molecule is COCCN(CC(N)=O)Cc1ccc(Cl)c(Cl)c1. The first-order valence-electron chi connectivity index (χ1n) is 5.46. The minimum atomic E-state index is -0.369. The third kappa shape index (κ3) is 5.23. The Kier molecular flexibility index (Phi) is 6.43. The van der Waals surface area contributed by atoms with Gasteiger partial charge in [0.05, 0.1) is 23.2 Å². The molecule has 1 aromatic rings. The van der Waals surface area contributed by atoms with Gasteiger partial charge < -0.3 is 10.5 Å². The normalized spacial score (nSPS) is 10.9. The van der Waals surface area contributed by atoms with Gasteiger partial charge >= 0.3 is 0 Å². The molecule has 0 radical (unpaired) electrons. The number of hydrogen-bond donors (Lipinski definition) is 1. The van der Waals surface area contributed by atoms with Crippen molar-refractivity contribution in [3.63, 3.8) is 0 Å². The summed E-state index contributed by atoms with van der Waals surface area (Å²) in [5, 5.41) is 1.01. The molecule has 100 valence electrons. The van der Waals surface area contributed by atoms with Crippen molar-refractivity contribution < 1.29 is 9.53 Å². The molecule has 1 aromatic carbocycles. The maximum atomic E-state index is 11.0. The molecular weight excluding hydrogens is 275 g/mol. The van der Waals surface area contributed by atoms with E-state index in [0.29, 0.717) is 29.7 Å². The molecule has 0 atom stereocenters. The van der Waals surface area contributed by atoms with Crippen molar-refractivity contribution in [1.29, 1.82) is 0 Å². The molecule has 0 saturated carbocycles. The van der Waals surface area contributed by atoms with Crippen molar-refractivity contribution in [2.24, 2.45) is 5.73 Å². The number of carbonyl (C=O) groups is 1. The highest BCUT2D eigenvalue weighted by atomic mass is 35.5. The summed E-state index contributed by atoms with van der Waals surface area (Å²) in [6, 6.07) is 5.39. The largest absolute Gasteiger partial charge is 0.383 e. The Balaban J connectivity index is 2.68. The number of rotatable bonds is 7. The summed E-state index contributed by atoms with van der Waals surface area (Å²) in [7, 11) is 1.61. The number of nitrogens with zero attached hydrogens (tertiary/aromatic N) is 1. The molecule has 1 amide bonds. The summed E-state index contributed by atoms with van der Waals surface area (Å²) in [5.74, 6) is -0.369. The van der Waals surface area contributed by atoms with E-state index in [2.05, 4.69) is 0 Å². The monoisotopic (exact) mass is 290 g/mol. The van der Waals surface area contributed by atoms with Crippen LogP contribution in [0.4, 0.5) is 0 Å². The number of hydrogen-bond acceptors (Lipinski definition) is 3. The van der Waals surface area contributed by atoms with E-state index in [0.717, 1.165) is 5.56 Å². The van der Waals surface area contributed by atoms with Crippen molar-refractivity contribution in [1.82, 2.24) is 4.90 Å². The highest BCUT2D eigenvalue weighted by molar-refractivity contribution is 6.42. The fourth-order valence-corrected chi connectivity index (χ4v) is 1.87. The lowest BCUT2D eigenvalue weighted by Gasteiger charge is -2.20. The molecule has 0 bridgehead atoms. The van der Waals surface area contributed by atoms with Gasteiger partial charge in [0.2, 0.25) is 5.91 Å². The van der Waals surface area contributed by atoms with E-state index in [-0.39, 0.29) is 12.5 Å². The second kappa shape index (κ2) is 7.59. The molecule has 0 aliphatic rings. The quantitative estimate of drug-likeness (QED) is 0.835. The van der Waals surface area contributed by atoms with Gasteiger partial charge in [0.1, 0.15) is 0 Å². The van der Waals surface area contributed by atoms with Crippen LogP contribution in [0.25, 0.3) is 0 Å². The average Bonchev–Trinajstić information content (AvgIpc) is 2.30. The molecule has 0 aliphatic carbocycles. The first-order chi connectivity index (χ1) is 8.52. The molecule has 18 heavy (non-hydrogen) atoms. The van der Waals surface area contributed by atoms with Crippen LogP contribution in [0, 0.1) is 0 Å². The molecule has 0 aliphatic heterocycles. The molecular formula is C12H16Cl2N2O2. The summed E-state index contributed by atoms with van der Waals surface area (Å²) in [5.41, 5.74) is 6.18. The Labute approximate surface area is 117 Å². The Hall–Kier alpha value is -0.810. The zero-order valence-electron chi connectivity index (χ0n) is 10.2. The maximum absolute atomic E-state index is 11.0. The molecule has 2 N–H and O–H groups in total. The number of carbonyl (C=O) groups excluding carboxylic acids is 1. The fraction of sp³-hybridized carbons (Fsp3) is 0.417. The van der Waals surface area contributed by atoms with Gasteiger partial charge in [-0.2, -0.15) is 0 Å². The van der Waals surface area contributed by atoms with Crippen LogP contribution in [0.15, 0.2) is 18.2 Å². The molecule has 0 spiro atoms. The Morgan fingerprint density at radius 1 is 1.39 bits per heavy atom. The highest BCUT2D eigenvalue weighted by Gasteiger charge is 2.10. The highest BCUT2D eigenvalue weighted by Crippen LogP contribution is 2.23. The van der Waals surface area contributed by atoms with Gasteiger partial charge in [-0.05, 0) is 17.7 Å². The standard InChI is InChI=1S/C12H16Cl2N2O2/c1-18-5-4-16(8-12(15)17)7-9-2-3-10(13)11(14)6-9/h2-3,6H,4-5,7-8H2,1H3,(H2,15,17). The van der Waals surface area contributed by atoms with Crippen LogP contribution in [-0.4, -0.2) is 37.6 Å². The van der Waals surface area contributed by atoms with Crippen molar-refractivity contribution in [2.75, 3.05) is 26.8 Å². The molecule has 0 fully saturated rings. The Morgan fingerprint density at radius 3 is 2.67 bits per heavy atom. The fourth-order valence-electron chi connectivity index (χ4n) is 1.55. The zero-order chi connectivity index (χ0) is 13.5. The van der Waals surface area contributed by atoms with E-state index >= 15 is 0 Å². The molecule has 6 heteroatoms. The van der Waals surface area contributed by atoms with Crippen molar-refractivity contribution in [3.05, 3.63) is 33.8 Å². The number of primary amides is 1. The van der Waals surface area contributed by atoms with Gasteiger partial charge in [0, 0.05) is 20.2 Å². The van der Waals surface area contributed by atoms with Crippen LogP contribution in [0.5, 0.6) is 0 Å². The van der Waals surface area contributed by atoms with E-state index in [9.17, 15) is 4.79 Å². The van der Waals surface area contributed by atoms with E-state index in [1.54, 1.807) is 19.2 Å². The number of benzene rings is 1. The number of amides is 1. The third-order valence-corrected chi connectivity index (χ3v) is 3.12. The van der Waals surface area contributed by atoms with Crippen LogP contribution in [0.3, 0.4) is 0 Å². The second-order valence-electron chi connectivity index (χ2n) is 3.92. The van der Waals surface area contributed by atoms with Gasteiger partial charge in [-0.1, -0.05) is 29.3 Å². The number of ether oxygens (including phenoxy) is 1. The van der Waals surface area contributed by atoms with Crippen LogP contribution >= 0.6 is 23.2 Å². The van der Waals surface area contributed by atoms with Crippen molar-refractivity contribution in [2.45, 2.75) is 6.54 Å². The molecule has 0 saturated heterocycles. The summed E-state index contributed by atoms with van der Waals surface area (Å²) >= 11 is 11.8.